The molecule has 0 atom stereocenters. The van der Waals surface area contributed by atoms with Crippen molar-refractivity contribution < 1.29 is 0 Å². The van der Waals surface area contributed by atoms with Crippen LogP contribution in [0.2, 0.25) is 0 Å². The Bertz CT molecular complexity index is 908. The maximum atomic E-state index is 4.81. The minimum Gasteiger partial charge on any atom is -0.357 e. The molecule has 1 fully saturated rings. The average molecular weight is 436 g/mol. The molecule has 1 aromatic carbocycles. The van der Waals surface area contributed by atoms with Crippen LogP contribution in [0.1, 0.15) is 53.0 Å². The van der Waals surface area contributed by atoms with E-state index in [1.807, 2.05) is 26.1 Å². The summed E-state index contributed by atoms with van der Waals surface area (Å²) in [5, 5.41) is 0. The number of hydrogen-bond acceptors (Lipinski definition) is 3. The molecule has 1 aliphatic heterocycles. The van der Waals surface area contributed by atoms with Gasteiger partial charge >= 0.3 is 0 Å². The third kappa shape index (κ3) is 8.37. The van der Waals surface area contributed by atoms with Gasteiger partial charge in [-0.3, -0.25) is 4.99 Å². The molecule has 0 saturated carbocycles. The smallest absolute Gasteiger partial charge is 0.128 e. The first-order valence-corrected chi connectivity index (χ1v) is 11.7. The maximum absolute atomic E-state index is 4.81. The normalized spacial score (nSPS) is 17.5. The highest BCUT2D eigenvalue weighted by atomic mass is 32.2. The first-order chi connectivity index (χ1) is 14.6. The molecule has 31 heavy (non-hydrogen) atoms. The summed E-state index contributed by atoms with van der Waals surface area (Å²) in [7, 11) is 0. The molecular formula is C27H37N3S. The van der Waals surface area contributed by atoms with E-state index in [0.717, 1.165) is 52.1 Å². The molecule has 166 valence electrons. The Morgan fingerprint density at radius 2 is 1.81 bits per heavy atom. The third-order valence-corrected chi connectivity index (χ3v) is 6.34. The first-order valence-electron chi connectivity index (χ1n) is 10.9. The van der Waals surface area contributed by atoms with Crippen molar-refractivity contribution in [2.75, 3.05) is 13.1 Å². The van der Waals surface area contributed by atoms with Crippen LogP contribution < -0.4 is 0 Å². The van der Waals surface area contributed by atoms with Gasteiger partial charge in [-0.15, -0.1) is 0 Å². The SMILES string of the molecule is C=CC(=N/C(C)=C(\C)N=CC(=C)Sc1cccc(CC(=C)C)c1)N1CCC(C)(C)CC1. The highest BCUT2D eigenvalue weighted by Crippen LogP contribution is 2.30. The van der Waals surface area contributed by atoms with Crippen LogP contribution in [-0.2, 0) is 6.42 Å². The van der Waals surface area contributed by atoms with Gasteiger partial charge in [0, 0.05) is 29.1 Å². The predicted octanol–water partition coefficient (Wildman–Crippen LogP) is 7.44. The van der Waals surface area contributed by atoms with E-state index in [1.165, 1.54) is 18.4 Å². The lowest BCUT2D eigenvalue weighted by atomic mass is 9.82. The van der Waals surface area contributed by atoms with Crippen LogP contribution in [0.3, 0.4) is 0 Å². The van der Waals surface area contributed by atoms with Gasteiger partial charge in [0.1, 0.15) is 5.84 Å². The zero-order valence-electron chi connectivity index (χ0n) is 19.9. The fourth-order valence-electron chi connectivity index (χ4n) is 3.35. The molecule has 1 aliphatic rings. The van der Waals surface area contributed by atoms with Crippen molar-refractivity contribution in [3.8, 4) is 0 Å². The summed E-state index contributed by atoms with van der Waals surface area (Å²) in [6.07, 6.45) is 6.91. The average Bonchev–Trinajstić information content (AvgIpc) is 2.70. The number of benzene rings is 1. The lowest BCUT2D eigenvalue weighted by Gasteiger charge is -2.38. The third-order valence-electron chi connectivity index (χ3n) is 5.48. The maximum Gasteiger partial charge on any atom is 0.128 e. The second kappa shape index (κ2) is 11.3. The van der Waals surface area contributed by atoms with E-state index >= 15 is 0 Å². The number of amidine groups is 1. The zero-order valence-corrected chi connectivity index (χ0v) is 20.7. The standard InChI is InChI=1S/C27H37N3S/c1-9-26(30-15-13-27(7,8)14-16-30)29-23(6)22(5)28-19-21(4)31-25-12-10-11-24(18-25)17-20(2)3/h9-12,18-19H,1-2,4,13-17H2,3,5-8H3/b23-22+,28-19?,29-26?. The minimum atomic E-state index is 0.413. The molecule has 1 aromatic rings. The monoisotopic (exact) mass is 435 g/mol. The lowest BCUT2D eigenvalue weighted by molar-refractivity contribution is 0.189. The van der Waals surface area contributed by atoms with Crippen LogP contribution in [0, 0.1) is 5.41 Å². The summed E-state index contributed by atoms with van der Waals surface area (Å²) in [6.45, 7) is 24.9. The quantitative estimate of drug-likeness (QED) is 0.184. The fourth-order valence-corrected chi connectivity index (χ4v) is 4.11. The van der Waals surface area contributed by atoms with Crippen molar-refractivity contribution in [2.24, 2.45) is 15.4 Å². The van der Waals surface area contributed by atoms with Gasteiger partial charge in [0.05, 0.1) is 11.4 Å². The van der Waals surface area contributed by atoms with Crippen molar-refractivity contribution in [1.29, 1.82) is 0 Å². The van der Waals surface area contributed by atoms with Crippen LogP contribution in [0.5, 0.6) is 0 Å². The molecule has 1 saturated heterocycles. The van der Waals surface area contributed by atoms with E-state index in [9.17, 15) is 0 Å². The lowest BCUT2D eigenvalue weighted by Crippen LogP contribution is -2.40. The van der Waals surface area contributed by atoms with E-state index in [2.05, 4.69) is 74.7 Å². The first kappa shape index (κ1) is 24.9. The van der Waals surface area contributed by atoms with Crippen LogP contribution in [0.15, 0.2) is 86.8 Å². The molecule has 0 aliphatic carbocycles. The highest BCUT2D eigenvalue weighted by Gasteiger charge is 2.26. The zero-order chi connectivity index (χ0) is 23.0. The van der Waals surface area contributed by atoms with E-state index in [4.69, 9.17) is 4.99 Å². The molecule has 0 bridgehead atoms. The van der Waals surface area contributed by atoms with Crippen LogP contribution in [0.25, 0.3) is 0 Å². The number of piperidine rings is 1. The van der Waals surface area contributed by atoms with E-state index in [1.54, 1.807) is 11.8 Å². The van der Waals surface area contributed by atoms with Crippen LogP contribution in [0.4, 0.5) is 0 Å². The summed E-state index contributed by atoms with van der Waals surface area (Å²) >= 11 is 1.62. The van der Waals surface area contributed by atoms with Gasteiger partial charge in [0.15, 0.2) is 0 Å². The molecule has 0 aromatic heterocycles. The molecule has 2 rings (SSSR count). The van der Waals surface area contributed by atoms with Crippen molar-refractivity contribution >= 4 is 23.8 Å². The van der Waals surface area contributed by atoms with Crippen molar-refractivity contribution in [1.82, 2.24) is 4.90 Å². The second-order valence-corrected chi connectivity index (χ2v) is 10.3. The summed E-state index contributed by atoms with van der Waals surface area (Å²) in [4.78, 5) is 13.8. The molecule has 0 spiro atoms. The molecule has 0 unspecified atom stereocenters. The Hall–Kier alpha value is -2.33. The Morgan fingerprint density at radius 3 is 2.42 bits per heavy atom. The van der Waals surface area contributed by atoms with Gasteiger partial charge in [-0.2, -0.15) is 0 Å². The number of rotatable bonds is 8. The predicted molar refractivity (Wildman–Crippen MR) is 139 cm³/mol. The molecule has 3 nitrogen and oxygen atoms in total. The van der Waals surface area contributed by atoms with Gasteiger partial charge in [-0.25, -0.2) is 4.99 Å². The topological polar surface area (TPSA) is 28.0 Å². The summed E-state index contributed by atoms with van der Waals surface area (Å²) in [6, 6.07) is 8.49. The van der Waals surface area contributed by atoms with E-state index < -0.39 is 0 Å². The number of thioether (sulfide) groups is 1. The Morgan fingerprint density at radius 1 is 1.13 bits per heavy atom. The van der Waals surface area contributed by atoms with Gasteiger partial charge in [0.2, 0.25) is 0 Å². The number of nitrogens with zero attached hydrogens (tertiary/aromatic N) is 3. The summed E-state index contributed by atoms with van der Waals surface area (Å²) < 4.78 is 0. The van der Waals surface area contributed by atoms with Crippen LogP contribution in [-0.4, -0.2) is 30.0 Å². The van der Waals surface area contributed by atoms with Crippen molar-refractivity contribution in [2.45, 2.75) is 58.8 Å². The number of allylic oxidation sites excluding steroid dienone is 4. The molecule has 4 heteroatoms. The van der Waals surface area contributed by atoms with Gasteiger partial charge < -0.3 is 4.90 Å². The minimum absolute atomic E-state index is 0.413. The number of likely N-dealkylation sites (tertiary alicyclic amines) is 1. The Kier molecular flexibility index (Phi) is 9.12. The number of hydrogen-bond donors (Lipinski definition) is 0. The van der Waals surface area contributed by atoms with E-state index in [0.29, 0.717) is 5.41 Å². The molecular weight excluding hydrogens is 398 g/mol. The van der Waals surface area contributed by atoms with E-state index in [-0.39, 0.29) is 0 Å². The van der Waals surface area contributed by atoms with Gasteiger partial charge in [-0.05, 0) is 69.2 Å². The van der Waals surface area contributed by atoms with Crippen molar-refractivity contribution in [3.63, 3.8) is 0 Å². The Labute approximate surface area is 193 Å². The van der Waals surface area contributed by atoms with Crippen LogP contribution >= 0.6 is 11.8 Å². The summed E-state index contributed by atoms with van der Waals surface area (Å²) in [5.41, 5.74) is 4.62. The Balaban J connectivity index is 2.03. The molecule has 0 amide bonds. The largest absolute Gasteiger partial charge is 0.357 e. The molecule has 1 heterocycles. The fraction of sp³-hybridized carbons (Fsp3) is 0.407. The molecule has 0 N–H and O–H groups in total. The second-order valence-electron chi connectivity index (χ2n) is 9.10. The summed E-state index contributed by atoms with van der Waals surface area (Å²) in [5.74, 6) is 0.935. The highest BCUT2D eigenvalue weighted by molar-refractivity contribution is 8.03. The van der Waals surface area contributed by atoms with Crippen molar-refractivity contribution in [3.05, 3.63) is 77.5 Å². The van der Waals surface area contributed by atoms with Gasteiger partial charge in [0.25, 0.3) is 0 Å². The van der Waals surface area contributed by atoms with Gasteiger partial charge in [-0.1, -0.05) is 63.1 Å². The molecule has 0 radical (unpaired) electrons. The number of aliphatic imine (C=N–C) groups is 2.